The van der Waals surface area contributed by atoms with E-state index in [0.29, 0.717) is 0 Å². The van der Waals surface area contributed by atoms with Crippen LogP contribution in [0.1, 0.15) is 11.1 Å². The van der Waals surface area contributed by atoms with Gasteiger partial charge in [-0.1, -0.05) is 52.9 Å². The van der Waals surface area contributed by atoms with Crippen LogP contribution in [0.15, 0.2) is 53.1 Å². The Labute approximate surface area is 132 Å². The normalized spacial score (nSPS) is 10.7. The summed E-state index contributed by atoms with van der Waals surface area (Å²) in [6, 6.07) is 12.4. The molecular weight excluding hydrogens is 298 g/mol. The molecule has 0 radical (unpaired) electrons. The van der Waals surface area contributed by atoms with Crippen LogP contribution < -0.4 is 5.73 Å². The molecule has 0 amide bonds. The molecule has 0 bridgehead atoms. The summed E-state index contributed by atoms with van der Waals surface area (Å²) < 4.78 is 0.993. The molecule has 0 aliphatic carbocycles. The lowest BCUT2D eigenvalue weighted by Gasteiger charge is -2.00. The molecule has 0 aliphatic rings. The monoisotopic (exact) mass is 313 g/mol. The average Bonchev–Trinajstić information content (AvgIpc) is 2.87. The molecule has 21 heavy (non-hydrogen) atoms. The molecule has 3 nitrogen and oxygen atoms in total. The van der Waals surface area contributed by atoms with E-state index in [1.165, 1.54) is 22.5 Å². The predicted octanol–water partition coefficient (Wildman–Crippen LogP) is 4.39. The summed E-state index contributed by atoms with van der Waals surface area (Å²) in [4.78, 5) is 8.75. The number of nitrogen functional groups attached to an aromatic ring is 1. The van der Waals surface area contributed by atoms with Crippen LogP contribution in [0.4, 0.5) is 5.00 Å². The van der Waals surface area contributed by atoms with Gasteiger partial charge in [0.25, 0.3) is 0 Å². The lowest BCUT2D eigenvalue weighted by Crippen LogP contribution is -1.86. The molecule has 106 valence electrons. The first-order valence-electron chi connectivity index (χ1n) is 6.57. The first-order chi connectivity index (χ1) is 10.2. The molecule has 5 heteroatoms. The fourth-order valence-electron chi connectivity index (χ4n) is 2.03. The molecule has 2 N–H and O–H groups in total. The van der Waals surface area contributed by atoms with Crippen molar-refractivity contribution in [1.82, 2.24) is 9.97 Å². The lowest BCUT2D eigenvalue weighted by molar-refractivity contribution is 1.23. The maximum Gasteiger partial charge on any atom is 0.152 e. The van der Waals surface area contributed by atoms with Crippen molar-refractivity contribution in [1.29, 1.82) is 0 Å². The minimum absolute atomic E-state index is 0.745. The third kappa shape index (κ3) is 3.43. The maximum absolute atomic E-state index is 6.08. The van der Waals surface area contributed by atoms with Gasteiger partial charge in [0.1, 0.15) is 10.7 Å². The van der Waals surface area contributed by atoms with Crippen LogP contribution in [0, 0.1) is 6.92 Å². The van der Waals surface area contributed by atoms with E-state index in [9.17, 15) is 0 Å². The second kappa shape index (κ2) is 6.28. The van der Waals surface area contributed by atoms with E-state index in [1.54, 1.807) is 24.2 Å². The molecule has 0 saturated heterocycles. The van der Waals surface area contributed by atoms with Crippen LogP contribution in [-0.2, 0) is 5.75 Å². The van der Waals surface area contributed by atoms with Crippen molar-refractivity contribution in [3.63, 3.8) is 0 Å². The molecular formula is C16H15N3S2. The van der Waals surface area contributed by atoms with Crippen molar-refractivity contribution in [2.75, 3.05) is 5.73 Å². The number of pyridine rings is 1. The molecule has 0 atom stereocenters. The minimum Gasteiger partial charge on any atom is -0.389 e. The fraction of sp³-hybridized carbons (Fsp3) is 0.125. The molecule has 0 spiro atoms. The van der Waals surface area contributed by atoms with E-state index in [-0.39, 0.29) is 0 Å². The Morgan fingerprint density at radius 2 is 2.14 bits per heavy atom. The number of rotatable bonds is 4. The zero-order chi connectivity index (χ0) is 14.7. The summed E-state index contributed by atoms with van der Waals surface area (Å²) in [7, 11) is 0. The van der Waals surface area contributed by atoms with E-state index in [2.05, 4.69) is 41.2 Å². The highest BCUT2D eigenvalue weighted by Gasteiger charge is 2.11. The van der Waals surface area contributed by atoms with Crippen molar-refractivity contribution in [3.8, 4) is 11.3 Å². The SMILES string of the molecule is Cc1cccc(CSc2nc(-c3cccnc3)c(N)s2)c1. The number of nitrogens with zero attached hydrogens (tertiary/aromatic N) is 2. The highest BCUT2D eigenvalue weighted by molar-refractivity contribution is 8.00. The van der Waals surface area contributed by atoms with Crippen LogP contribution in [-0.4, -0.2) is 9.97 Å². The first-order valence-corrected chi connectivity index (χ1v) is 8.37. The molecule has 3 aromatic rings. The Hall–Kier alpha value is -1.85. The summed E-state index contributed by atoms with van der Waals surface area (Å²) in [6.45, 7) is 2.11. The summed E-state index contributed by atoms with van der Waals surface area (Å²) >= 11 is 3.25. The molecule has 0 unspecified atom stereocenters. The summed E-state index contributed by atoms with van der Waals surface area (Å²) in [6.07, 6.45) is 3.54. The van der Waals surface area contributed by atoms with E-state index < -0.39 is 0 Å². The zero-order valence-corrected chi connectivity index (χ0v) is 13.2. The molecule has 2 heterocycles. The molecule has 0 saturated carbocycles. The zero-order valence-electron chi connectivity index (χ0n) is 11.6. The van der Waals surface area contributed by atoms with Crippen molar-refractivity contribution in [3.05, 3.63) is 59.9 Å². The molecule has 2 aromatic heterocycles. The summed E-state index contributed by atoms with van der Waals surface area (Å²) in [5.41, 5.74) is 10.5. The van der Waals surface area contributed by atoms with Gasteiger partial charge in [0.15, 0.2) is 4.34 Å². The van der Waals surface area contributed by atoms with Crippen LogP contribution in [0.5, 0.6) is 0 Å². The van der Waals surface area contributed by atoms with Crippen LogP contribution in [0.25, 0.3) is 11.3 Å². The summed E-state index contributed by atoms with van der Waals surface area (Å²) in [5.74, 6) is 0.904. The van der Waals surface area contributed by atoms with Crippen molar-refractivity contribution < 1.29 is 0 Å². The number of anilines is 1. The summed E-state index contributed by atoms with van der Waals surface area (Å²) in [5, 5.41) is 0.745. The number of aryl methyl sites for hydroxylation is 1. The molecule has 1 aromatic carbocycles. The Morgan fingerprint density at radius 3 is 2.90 bits per heavy atom. The van der Waals surface area contributed by atoms with Gasteiger partial charge in [-0.25, -0.2) is 4.98 Å². The van der Waals surface area contributed by atoms with Crippen molar-refractivity contribution >= 4 is 28.1 Å². The smallest absolute Gasteiger partial charge is 0.152 e. The van der Waals surface area contributed by atoms with E-state index in [1.807, 2.05) is 12.1 Å². The van der Waals surface area contributed by atoms with Gasteiger partial charge >= 0.3 is 0 Å². The Kier molecular flexibility index (Phi) is 4.22. The third-order valence-corrected chi connectivity index (χ3v) is 5.11. The highest BCUT2D eigenvalue weighted by Crippen LogP contribution is 2.36. The highest BCUT2D eigenvalue weighted by atomic mass is 32.2. The van der Waals surface area contributed by atoms with E-state index in [4.69, 9.17) is 5.73 Å². The van der Waals surface area contributed by atoms with Gasteiger partial charge in [0.2, 0.25) is 0 Å². The number of thiazole rings is 1. The average molecular weight is 313 g/mol. The van der Waals surface area contributed by atoms with Gasteiger partial charge in [0.05, 0.1) is 0 Å². The maximum atomic E-state index is 6.08. The van der Waals surface area contributed by atoms with Gasteiger partial charge in [-0.3, -0.25) is 4.98 Å². The number of aromatic nitrogens is 2. The van der Waals surface area contributed by atoms with Gasteiger partial charge in [-0.2, -0.15) is 0 Å². The Bertz CT molecular complexity index is 738. The largest absolute Gasteiger partial charge is 0.389 e. The third-order valence-electron chi connectivity index (χ3n) is 3.01. The number of hydrogen-bond acceptors (Lipinski definition) is 5. The second-order valence-corrected chi connectivity index (χ2v) is 6.97. The fourth-order valence-corrected chi connectivity index (χ4v) is 3.92. The standard InChI is InChI=1S/C16H15N3S2/c1-11-4-2-5-12(8-11)10-20-16-19-14(15(17)21-16)13-6-3-7-18-9-13/h2-9H,10,17H2,1H3. The van der Waals surface area contributed by atoms with Gasteiger partial charge in [-0.05, 0) is 24.6 Å². The number of benzene rings is 1. The van der Waals surface area contributed by atoms with Crippen LogP contribution in [0.3, 0.4) is 0 Å². The van der Waals surface area contributed by atoms with Gasteiger partial charge < -0.3 is 5.73 Å². The second-order valence-electron chi connectivity index (χ2n) is 4.71. The van der Waals surface area contributed by atoms with Crippen molar-refractivity contribution in [2.45, 2.75) is 17.0 Å². The quantitative estimate of drug-likeness (QED) is 0.726. The van der Waals surface area contributed by atoms with E-state index in [0.717, 1.165) is 26.4 Å². The Morgan fingerprint density at radius 1 is 1.24 bits per heavy atom. The number of hydrogen-bond donors (Lipinski definition) is 1. The topological polar surface area (TPSA) is 51.8 Å². The predicted molar refractivity (Wildman–Crippen MR) is 90.5 cm³/mol. The molecule has 0 aliphatic heterocycles. The molecule has 3 rings (SSSR count). The Balaban J connectivity index is 1.76. The minimum atomic E-state index is 0.745. The van der Waals surface area contributed by atoms with Crippen LogP contribution >= 0.6 is 23.1 Å². The van der Waals surface area contributed by atoms with E-state index >= 15 is 0 Å². The van der Waals surface area contributed by atoms with Gasteiger partial charge in [-0.15, -0.1) is 0 Å². The molecule has 0 fully saturated rings. The van der Waals surface area contributed by atoms with Gasteiger partial charge in [0, 0.05) is 23.7 Å². The lowest BCUT2D eigenvalue weighted by atomic mass is 10.2. The van der Waals surface area contributed by atoms with Crippen molar-refractivity contribution in [2.24, 2.45) is 0 Å². The first kappa shape index (κ1) is 14.1. The van der Waals surface area contributed by atoms with Crippen LogP contribution in [0.2, 0.25) is 0 Å². The number of thioether (sulfide) groups is 1. The number of nitrogens with two attached hydrogens (primary N) is 1.